The van der Waals surface area contributed by atoms with E-state index in [2.05, 4.69) is 6.92 Å². The molecular weight excluding hydrogens is 332 g/mol. The fourth-order valence-electron chi connectivity index (χ4n) is 2.37. The van der Waals surface area contributed by atoms with E-state index in [-0.39, 0.29) is 4.90 Å². The first-order valence-electron chi connectivity index (χ1n) is 7.90. The van der Waals surface area contributed by atoms with Crippen molar-refractivity contribution < 1.29 is 17.8 Å². The number of carbonyl (C=O) groups is 1. The molecule has 1 aromatic carbocycles. The van der Waals surface area contributed by atoms with Crippen molar-refractivity contribution >= 4 is 26.8 Å². The standard InChI is InChI=1S/C10H19OS.C7H8O3S/c1-3-10(11)8-12-6-4-5-9(2)7-12;1-6-2-4-7(5-3-6)11(8,9)10/h9H,3-8H2,1-2H3;2-5H,1H3,(H,8,9,10)/q+1;/p-1. The van der Waals surface area contributed by atoms with Crippen LogP contribution in [0.3, 0.4) is 0 Å². The summed E-state index contributed by atoms with van der Waals surface area (Å²) in [5.41, 5.74) is 0.928. The Morgan fingerprint density at radius 2 is 1.91 bits per heavy atom. The van der Waals surface area contributed by atoms with Gasteiger partial charge in [-0.3, -0.25) is 4.79 Å². The van der Waals surface area contributed by atoms with Crippen LogP contribution in [0.15, 0.2) is 29.2 Å². The van der Waals surface area contributed by atoms with Gasteiger partial charge in [-0.15, -0.1) is 0 Å². The third-order valence-electron chi connectivity index (χ3n) is 3.72. The van der Waals surface area contributed by atoms with Crippen molar-refractivity contribution in [1.82, 2.24) is 0 Å². The van der Waals surface area contributed by atoms with Crippen LogP contribution in [-0.2, 0) is 25.8 Å². The average molecular weight is 359 g/mol. The number of rotatable bonds is 4. The van der Waals surface area contributed by atoms with Crippen molar-refractivity contribution in [2.75, 3.05) is 17.3 Å². The van der Waals surface area contributed by atoms with Gasteiger partial charge in [0, 0.05) is 12.3 Å². The summed E-state index contributed by atoms with van der Waals surface area (Å²) in [6.45, 7) is 6.11. The second-order valence-corrected chi connectivity index (χ2v) is 9.67. The summed E-state index contributed by atoms with van der Waals surface area (Å²) in [5, 5.41) is 0. The fraction of sp³-hybridized carbons (Fsp3) is 0.588. The molecule has 0 bridgehead atoms. The SMILES string of the molecule is CCC(=O)C[S+]1CCCC(C)C1.Cc1ccc(S(=O)(=O)[O-])cc1. The predicted octanol–water partition coefficient (Wildman–Crippen LogP) is 2.91. The van der Waals surface area contributed by atoms with Crippen LogP contribution in [0.1, 0.15) is 38.7 Å². The highest BCUT2D eigenvalue weighted by Crippen LogP contribution is 2.19. The Morgan fingerprint density at radius 1 is 1.30 bits per heavy atom. The molecule has 0 amide bonds. The molecule has 2 unspecified atom stereocenters. The maximum Gasteiger partial charge on any atom is 0.181 e. The molecular formula is C17H26O4S2. The van der Waals surface area contributed by atoms with Gasteiger partial charge in [0.15, 0.2) is 11.5 Å². The first-order chi connectivity index (χ1) is 10.7. The van der Waals surface area contributed by atoms with Crippen molar-refractivity contribution in [3.63, 3.8) is 0 Å². The third kappa shape index (κ3) is 7.99. The van der Waals surface area contributed by atoms with Crippen molar-refractivity contribution in [1.29, 1.82) is 0 Å². The smallest absolute Gasteiger partial charge is 0.181 e. The second kappa shape index (κ2) is 9.45. The molecule has 0 spiro atoms. The van der Waals surface area contributed by atoms with Crippen LogP contribution in [-0.4, -0.2) is 36.0 Å². The number of Topliss-reactive ketones (excluding diaryl/α,β-unsaturated/α-hetero) is 1. The molecule has 1 heterocycles. The quantitative estimate of drug-likeness (QED) is 0.613. The summed E-state index contributed by atoms with van der Waals surface area (Å²) in [6, 6.07) is 5.78. The van der Waals surface area contributed by atoms with Crippen LogP contribution in [0.25, 0.3) is 0 Å². The van der Waals surface area contributed by atoms with E-state index >= 15 is 0 Å². The third-order valence-corrected chi connectivity index (χ3v) is 7.21. The van der Waals surface area contributed by atoms with Crippen LogP contribution in [0.5, 0.6) is 0 Å². The van der Waals surface area contributed by atoms with Gasteiger partial charge in [0.05, 0.1) is 4.90 Å². The first kappa shape index (κ1) is 20.2. The van der Waals surface area contributed by atoms with Crippen molar-refractivity contribution in [3.8, 4) is 0 Å². The minimum Gasteiger partial charge on any atom is -0.744 e. The molecule has 1 aliphatic heterocycles. The van der Waals surface area contributed by atoms with Crippen molar-refractivity contribution in [2.45, 2.75) is 44.9 Å². The molecule has 1 aliphatic rings. The lowest BCUT2D eigenvalue weighted by atomic mass is 10.1. The zero-order valence-electron chi connectivity index (χ0n) is 14.1. The number of aryl methyl sites for hydroxylation is 1. The van der Waals surface area contributed by atoms with Gasteiger partial charge in [0.2, 0.25) is 0 Å². The Hall–Kier alpha value is -0.850. The summed E-state index contributed by atoms with van der Waals surface area (Å²) in [4.78, 5) is 11.0. The first-order valence-corrected chi connectivity index (χ1v) is 11.0. The van der Waals surface area contributed by atoms with E-state index in [1.54, 1.807) is 12.1 Å². The van der Waals surface area contributed by atoms with E-state index in [1.807, 2.05) is 13.8 Å². The summed E-state index contributed by atoms with van der Waals surface area (Å²) in [7, 11) is -3.82. The fourth-order valence-corrected chi connectivity index (χ4v) is 5.47. The number of ketones is 1. The van der Waals surface area contributed by atoms with Gasteiger partial charge in [0.1, 0.15) is 21.6 Å². The molecule has 4 nitrogen and oxygen atoms in total. The summed E-state index contributed by atoms with van der Waals surface area (Å²) < 4.78 is 31.2. The van der Waals surface area contributed by atoms with E-state index in [1.165, 1.54) is 36.5 Å². The lowest BCUT2D eigenvalue weighted by molar-refractivity contribution is -0.116. The molecule has 0 aliphatic carbocycles. The summed E-state index contributed by atoms with van der Waals surface area (Å²) in [6.07, 6.45) is 3.46. The molecule has 1 saturated heterocycles. The Balaban J connectivity index is 0.000000231. The van der Waals surface area contributed by atoms with Crippen LogP contribution in [0.2, 0.25) is 0 Å². The molecule has 0 aromatic heterocycles. The number of carbonyl (C=O) groups excluding carboxylic acids is 1. The van der Waals surface area contributed by atoms with Gasteiger partial charge in [0.25, 0.3) is 0 Å². The normalized spacial score (nSPS) is 21.2. The molecule has 2 rings (SSSR count). The highest BCUT2D eigenvalue weighted by Gasteiger charge is 2.28. The zero-order valence-corrected chi connectivity index (χ0v) is 15.7. The van der Waals surface area contributed by atoms with Gasteiger partial charge >= 0.3 is 0 Å². The van der Waals surface area contributed by atoms with Gasteiger partial charge < -0.3 is 4.55 Å². The molecule has 2 atom stereocenters. The molecule has 23 heavy (non-hydrogen) atoms. The Morgan fingerprint density at radius 3 is 2.39 bits per heavy atom. The Labute approximate surface area is 142 Å². The van der Waals surface area contributed by atoms with Gasteiger partial charge in [-0.2, -0.15) is 0 Å². The van der Waals surface area contributed by atoms with Crippen LogP contribution < -0.4 is 0 Å². The van der Waals surface area contributed by atoms with E-state index < -0.39 is 10.1 Å². The maximum atomic E-state index is 11.2. The summed E-state index contributed by atoms with van der Waals surface area (Å²) >= 11 is 0. The predicted molar refractivity (Wildman–Crippen MR) is 94.8 cm³/mol. The number of hydrogen-bond donors (Lipinski definition) is 0. The zero-order chi connectivity index (χ0) is 17.5. The summed E-state index contributed by atoms with van der Waals surface area (Å²) in [5.74, 6) is 4.84. The van der Waals surface area contributed by atoms with E-state index in [9.17, 15) is 17.8 Å². The molecule has 1 fully saturated rings. The maximum absolute atomic E-state index is 11.2. The molecule has 130 valence electrons. The highest BCUT2D eigenvalue weighted by molar-refractivity contribution is 7.97. The molecule has 0 N–H and O–H groups in total. The van der Waals surface area contributed by atoms with Crippen LogP contribution >= 0.6 is 0 Å². The van der Waals surface area contributed by atoms with E-state index in [0.717, 1.165) is 23.7 Å². The monoisotopic (exact) mass is 358 g/mol. The average Bonchev–Trinajstić information content (AvgIpc) is 2.47. The van der Waals surface area contributed by atoms with Gasteiger partial charge in [-0.1, -0.05) is 31.5 Å². The highest BCUT2D eigenvalue weighted by atomic mass is 32.2. The number of hydrogen-bond acceptors (Lipinski definition) is 4. The largest absolute Gasteiger partial charge is 0.744 e. The lowest BCUT2D eigenvalue weighted by Crippen LogP contribution is -2.29. The molecule has 6 heteroatoms. The van der Waals surface area contributed by atoms with E-state index in [0.29, 0.717) is 16.7 Å². The Bertz CT molecular complexity index is 594. The van der Waals surface area contributed by atoms with Gasteiger partial charge in [-0.25, -0.2) is 8.42 Å². The molecule has 0 saturated carbocycles. The second-order valence-electron chi connectivity index (χ2n) is 6.03. The Kier molecular flexibility index (Phi) is 8.29. The van der Waals surface area contributed by atoms with Crippen molar-refractivity contribution in [3.05, 3.63) is 29.8 Å². The van der Waals surface area contributed by atoms with Crippen LogP contribution in [0, 0.1) is 12.8 Å². The molecule has 0 radical (unpaired) electrons. The lowest BCUT2D eigenvalue weighted by Gasteiger charge is -2.18. The van der Waals surface area contributed by atoms with Crippen molar-refractivity contribution in [2.24, 2.45) is 5.92 Å². The van der Waals surface area contributed by atoms with Crippen LogP contribution in [0.4, 0.5) is 0 Å². The van der Waals surface area contributed by atoms with E-state index in [4.69, 9.17) is 0 Å². The topological polar surface area (TPSA) is 74.3 Å². The minimum absolute atomic E-state index is 0.178. The number of benzene rings is 1. The minimum atomic E-state index is -4.27. The van der Waals surface area contributed by atoms with Gasteiger partial charge in [-0.05, 0) is 42.8 Å². The molecule has 1 aromatic rings.